The molecule has 1 saturated carbocycles. The number of unbranched alkanes of at least 4 members (excludes halogenated alkanes) is 3. The van der Waals surface area contributed by atoms with Gasteiger partial charge in [0.2, 0.25) is 0 Å². The van der Waals surface area contributed by atoms with Crippen molar-refractivity contribution in [2.24, 2.45) is 5.92 Å². The van der Waals surface area contributed by atoms with E-state index in [2.05, 4.69) is 86.4 Å². The maximum absolute atomic E-state index is 3.37. The molecule has 0 spiro atoms. The summed E-state index contributed by atoms with van der Waals surface area (Å²) in [7, 11) is 0. The minimum Gasteiger partial charge on any atom is -0.0654 e. The Hall–Kier alpha value is -2.52. The Morgan fingerprint density at radius 1 is 0.688 bits per heavy atom. The SMILES string of the molecule is CCCCCCC1CCC(c2ccc(C#Cc3ccc4cc(CC)ccc4c3)cc2)CC1. The number of benzene rings is 3. The van der Waals surface area contributed by atoms with Crippen LogP contribution in [0.2, 0.25) is 0 Å². The molecule has 3 aromatic rings. The molecule has 0 heterocycles. The molecule has 0 saturated heterocycles. The van der Waals surface area contributed by atoms with Crippen LogP contribution in [-0.2, 0) is 6.42 Å². The van der Waals surface area contributed by atoms with Gasteiger partial charge in [-0.1, -0.05) is 94.2 Å². The monoisotopic (exact) mass is 422 g/mol. The lowest BCUT2D eigenvalue weighted by atomic mass is 9.77. The van der Waals surface area contributed by atoms with E-state index in [1.54, 1.807) is 0 Å². The maximum Gasteiger partial charge on any atom is 0.0255 e. The number of hydrogen-bond acceptors (Lipinski definition) is 0. The number of hydrogen-bond donors (Lipinski definition) is 0. The molecule has 1 fully saturated rings. The van der Waals surface area contributed by atoms with E-state index >= 15 is 0 Å². The largest absolute Gasteiger partial charge is 0.0654 e. The average Bonchev–Trinajstić information content (AvgIpc) is 2.85. The van der Waals surface area contributed by atoms with Gasteiger partial charge in [-0.2, -0.15) is 0 Å². The van der Waals surface area contributed by atoms with Crippen LogP contribution in [0.15, 0.2) is 60.7 Å². The van der Waals surface area contributed by atoms with E-state index in [0.717, 1.165) is 29.4 Å². The third-order valence-corrected chi connectivity index (χ3v) is 7.36. The molecular formula is C32H38. The molecular weight excluding hydrogens is 384 g/mol. The van der Waals surface area contributed by atoms with E-state index in [1.807, 2.05) is 0 Å². The molecule has 0 heteroatoms. The van der Waals surface area contributed by atoms with Gasteiger partial charge in [0.15, 0.2) is 0 Å². The van der Waals surface area contributed by atoms with Gasteiger partial charge in [0.05, 0.1) is 0 Å². The molecule has 0 aromatic heterocycles. The zero-order valence-corrected chi connectivity index (χ0v) is 20.0. The standard InChI is InChI=1S/C32H38/c1-3-5-6-7-8-26-12-17-29(18-13-26)30-19-14-27(15-20-30)9-10-28-16-22-31-23-25(4-2)11-21-32(31)24-28/h11,14-16,19-24,26,29H,3-8,12-13,17-18H2,1-2H3. The van der Waals surface area contributed by atoms with Crippen LogP contribution in [0.1, 0.15) is 99.8 Å². The summed E-state index contributed by atoms with van der Waals surface area (Å²) in [4.78, 5) is 0. The Morgan fingerprint density at radius 3 is 2.12 bits per heavy atom. The minimum absolute atomic E-state index is 0.748. The minimum atomic E-state index is 0.748. The number of fused-ring (bicyclic) bond motifs is 1. The van der Waals surface area contributed by atoms with Crippen LogP contribution in [0.25, 0.3) is 10.8 Å². The summed E-state index contributed by atoms with van der Waals surface area (Å²) in [5.74, 6) is 8.46. The lowest BCUT2D eigenvalue weighted by Gasteiger charge is -2.29. The van der Waals surface area contributed by atoms with Gasteiger partial charge in [-0.15, -0.1) is 0 Å². The lowest BCUT2D eigenvalue weighted by Crippen LogP contribution is -2.13. The van der Waals surface area contributed by atoms with Crippen molar-refractivity contribution in [2.75, 3.05) is 0 Å². The first-order valence-corrected chi connectivity index (χ1v) is 12.9. The highest BCUT2D eigenvalue weighted by atomic mass is 14.3. The summed E-state index contributed by atoms with van der Waals surface area (Å²) < 4.78 is 0. The Bertz CT molecular complexity index is 1050. The Balaban J connectivity index is 1.33. The summed E-state index contributed by atoms with van der Waals surface area (Å²) in [5.41, 5.74) is 5.09. The molecule has 0 radical (unpaired) electrons. The molecule has 0 amide bonds. The van der Waals surface area contributed by atoms with Crippen LogP contribution < -0.4 is 0 Å². The normalized spacial score (nSPS) is 18.3. The van der Waals surface area contributed by atoms with Gasteiger partial charge < -0.3 is 0 Å². The Labute approximate surface area is 195 Å². The molecule has 3 aromatic carbocycles. The predicted octanol–water partition coefficient (Wildman–Crippen LogP) is 9.05. The third-order valence-electron chi connectivity index (χ3n) is 7.36. The van der Waals surface area contributed by atoms with Gasteiger partial charge >= 0.3 is 0 Å². The van der Waals surface area contributed by atoms with Crippen molar-refractivity contribution in [1.82, 2.24) is 0 Å². The zero-order valence-electron chi connectivity index (χ0n) is 20.0. The first-order chi connectivity index (χ1) is 15.7. The zero-order chi connectivity index (χ0) is 22.2. The molecule has 32 heavy (non-hydrogen) atoms. The van der Waals surface area contributed by atoms with E-state index in [-0.39, 0.29) is 0 Å². The highest BCUT2D eigenvalue weighted by Crippen LogP contribution is 2.37. The van der Waals surface area contributed by atoms with Crippen LogP contribution in [0.4, 0.5) is 0 Å². The topological polar surface area (TPSA) is 0 Å². The van der Waals surface area contributed by atoms with Crippen LogP contribution in [0.5, 0.6) is 0 Å². The fourth-order valence-corrected chi connectivity index (χ4v) is 5.22. The van der Waals surface area contributed by atoms with Gasteiger partial charge in [-0.05, 0) is 90.1 Å². The Kier molecular flexibility index (Phi) is 8.06. The maximum atomic E-state index is 3.37. The molecule has 0 atom stereocenters. The van der Waals surface area contributed by atoms with Gasteiger partial charge in [-0.3, -0.25) is 0 Å². The van der Waals surface area contributed by atoms with Crippen LogP contribution in [0, 0.1) is 17.8 Å². The van der Waals surface area contributed by atoms with Crippen molar-refractivity contribution in [3.63, 3.8) is 0 Å². The first-order valence-electron chi connectivity index (χ1n) is 12.9. The Morgan fingerprint density at radius 2 is 1.38 bits per heavy atom. The van der Waals surface area contributed by atoms with Gasteiger partial charge in [0, 0.05) is 11.1 Å². The number of rotatable bonds is 7. The number of aryl methyl sites for hydroxylation is 1. The second-order valence-electron chi connectivity index (χ2n) is 9.69. The predicted molar refractivity (Wildman–Crippen MR) is 139 cm³/mol. The lowest BCUT2D eigenvalue weighted by molar-refractivity contribution is 0.302. The average molecular weight is 423 g/mol. The summed E-state index contributed by atoms with van der Waals surface area (Å²) in [6, 6.07) is 22.3. The molecule has 0 nitrogen and oxygen atoms in total. The molecule has 1 aliphatic rings. The quantitative estimate of drug-likeness (QED) is 0.263. The molecule has 4 rings (SSSR count). The molecule has 0 aliphatic heterocycles. The fraction of sp³-hybridized carbons (Fsp3) is 0.438. The molecule has 0 unspecified atom stereocenters. The molecule has 0 bridgehead atoms. The van der Waals surface area contributed by atoms with E-state index < -0.39 is 0 Å². The third kappa shape index (κ3) is 6.04. The van der Waals surface area contributed by atoms with E-state index in [4.69, 9.17) is 0 Å². The highest BCUT2D eigenvalue weighted by molar-refractivity contribution is 5.84. The van der Waals surface area contributed by atoms with Crippen molar-refractivity contribution in [2.45, 2.75) is 84.0 Å². The van der Waals surface area contributed by atoms with Crippen molar-refractivity contribution in [3.05, 3.63) is 82.9 Å². The summed E-state index contributed by atoms with van der Waals surface area (Å²) in [5, 5.41) is 2.57. The fourth-order valence-electron chi connectivity index (χ4n) is 5.22. The van der Waals surface area contributed by atoms with Gasteiger partial charge in [0.1, 0.15) is 0 Å². The van der Waals surface area contributed by atoms with Gasteiger partial charge in [0.25, 0.3) is 0 Å². The van der Waals surface area contributed by atoms with Crippen molar-refractivity contribution in [1.29, 1.82) is 0 Å². The molecule has 166 valence electrons. The van der Waals surface area contributed by atoms with Crippen molar-refractivity contribution >= 4 is 10.8 Å². The first kappa shape index (κ1) is 22.7. The van der Waals surface area contributed by atoms with Crippen LogP contribution in [-0.4, -0.2) is 0 Å². The van der Waals surface area contributed by atoms with Crippen molar-refractivity contribution in [3.8, 4) is 11.8 Å². The molecule has 0 N–H and O–H groups in total. The van der Waals surface area contributed by atoms with Crippen molar-refractivity contribution < 1.29 is 0 Å². The summed E-state index contributed by atoms with van der Waals surface area (Å²) in [6.07, 6.45) is 13.7. The highest BCUT2D eigenvalue weighted by Gasteiger charge is 2.21. The second kappa shape index (κ2) is 11.4. The molecule has 1 aliphatic carbocycles. The van der Waals surface area contributed by atoms with Crippen LogP contribution >= 0.6 is 0 Å². The van der Waals surface area contributed by atoms with E-state index in [0.29, 0.717) is 0 Å². The summed E-state index contributed by atoms with van der Waals surface area (Å²) >= 11 is 0. The van der Waals surface area contributed by atoms with Gasteiger partial charge in [-0.25, -0.2) is 0 Å². The van der Waals surface area contributed by atoms with E-state index in [1.165, 1.54) is 79.7 Å². The smallest absolute Gasteiger partial charge is 0.0255 e. The second-order valence-corrected chi connectivity index (χ2v) is 9.69. The summed E-state index contributed by atoms with van der Waals surface area (Å²) in [6.45, 7) is 4.50. The van der Waals surface area contributed by atoms with Crippen LogP contribution in [0.3, 0.4) is 0 Å². The van der Waals surface area contributed by atoms with E-state index in [9.17, 15) is 0 Å².